The average Bonchev–Trinajstić information content (AvgIpc) is 1.02. The lowest BCUT2D eigenvalue weighted by atomic mass is 9.81. The molecule has 0 saturated heterocycles. The van der Waals surface area contributed by atoms with Crippen molar-refractivity contribution in [1.82, 2.24) is 0 Å². The van der Waals surface area contributed by atoms with Gasteiger partial charge in [0.1, 0.15) is 44.7 Å². The van der Waals surface area contributed by atoms with Gasteiger partial charge < -0.3 is 17.7 Å². The maximum atomic E-state index is 7.30. The predicted octanol–water partition coefficient (Wildman–Crippen LogP) is 30.1. The summed E-state index contributed by atoms with van der Waals surface area (Å²) in [5.41, 5.74) is 23.6. The van der Waals surface area contributed by atoms with Crippen LogP contribution in [-0.4, -0.2) is 0 Å². The van der Waals surface area contributed by atoms with Gasteiger partial charge in [-0.25, -0.2) is 0 Å². The van der Waals surface area contributed by atoms with Crippen molar-refractivity contribution in [3.8, 4) is 55.6 Å². The van der Waals surface area contributed by atoms with E-state index in [1.165, 1.54) is 109 Å². The fraction of sp³-hybridized carbons (Fsp3) is 0.0192. The zero-order valence-electron chi connectivity index (χ0n) is 58.4. The van der Waals surface area contributed by atoms with Crippen LogP contribution in [-0.2, 0) is 0 Å². The molecule has 0 bridgehead atoms. The molecule has 0 aliphatic heterocycles. The molecule has 0 amide bonds. The van der Waals surface area contributed by atoms with E-state index in [0.717, 1.165) is 155 Å². The highest BCUT2D eigenvalue weighted by Crippen LogP contribution is 2.51. The molecule has 4 aromatic heterocycles. The first kappa shape index (κ1) is 59.3. The van der Waals surface area contributed by atoms with Crippen LogP contribution >= 0.6 is 0 Å². The normalized spacial score (nSPS) is 13.0. The Morgan fingerprint density at radius 3 is 1.37 bits per heavy atom. The molecule has 24 rings (SSSR count). The van der Waals surface area contributed by atoms with E-state index in [2.05, 4.69) is 322 Å². The van der Waals surface area contributed by atoms with Crippen LogP contribution in [0.4, 0.5) is 0 Å². The van der Waals surface area contributed by atoms with Crippen LogP contribution in [0.2, 0.25) is 0 Å². The maximum Gasteiger partial charge on any atom is 0.143 e. The van der Waals surface area contributed by atoms with Crippen molar-refractivity contribution in [2.75, 3.05) is 0 Å². The van der Waals surface area contributed by atoms with Gasteiger partial charge in [-0.3, -0.25) is 0 Å². The minimum Gasteiger partial charge on any atom is -0.456 e. The molecule has 0 spiro atoms. The Labute approximate surface area is 618 Å². The fourth-order valence-corrected chi connectivity index (χ4v) is 18.8. The van der Waals surface area contributed by atoms with E-state index < -0.39 is 0 Å². The molecule has 0 fully saturated rings. The molecular formula is C104H60O4. The number of allylic oxidation sites excluding steroid dienone is 4. The molecule has 0 saturated carbocycles. The second-order valence-electron chi connectivity index (χ2n) is 29.5. The number of para-hydroxylation sites is 2. The zero-order valence-corrected chi connectivity index (χ0v) is 58.4. The van der Waals surface area contributed by atoms with Gasteiger partial charge in [0, 0.05) is 48.7 Å². The van der Waals surface area contributed by atoms with Gasteiger partial charge >= 0.3 is 0 Å². The summed E-state index contributed by atoms with van der Waals surface area (Å²) in [5.74, 6) is 0. The number of rotatable bonds is 7. The monoisotopic (exact) mass is 1370 g/mol. The summed E-state index contributed by atoms with van der Waals surface area (Å²) in [6.45, 7) is 0. The SMILES string of the molecule is C1=C(c2ccc3oc4cc5ccc6oc7ccccc7c6c5cc4c3c2)C=C(c2c3ccccc3c(-c3cccc4cc(-c5cc(-c6cccc(-c7c8ccccc8c(-c8cccc9ccccc89)c8ccccc78)c6)cc6c5oc5cc7cc8c(cc7cc56)oc5ccccc58)ccc34)c3ccccc23)CC1. The van der Waals surface area contributed by atoms with Crippen LogP contribution in [0, 0.1) is 0 Å². The highest BCUT2D eigenvalue weighted by molar-refractivity contribution is 6.27. The van der Waals surface area contributed by atoms with E-state index in [0.29, 0.717) is 0 Å². The third-order valence-corrected chi connectivity index (χ3v) is 23.6. The molecule has 0 atom stereocenters. The first-order valence-corrected chi connectivity index (χ1v) is 37.4. The van der Waals surface area contributed by atoms with Crippen molar-refractivity contribution in [3.63, 3.8) is 0 Å². The molecule has 0 N–H and O–H groups in total. The Kier molecular flexibility index (Phi) is 12.5. The molecule has 4 heterocycles. The summed E-state index contributed by atoms with van der Waals surface area (Å²) in [7, 11) is 0. The topological polar surface area (TPSA) is 52.6 Å². The van der Waals surface area contributed by atoms with Crippen molar-refractivity contribution in [1.29, 1.82) is 0 Å². The number of fused-ring (bicyclic) bond motifs is 21. The molecule has 4 heteroatoms. The minimum absolute atomic E-state index is 0.840. The lowest BCUT2D eigenvalue weighted by Gasteiger charge is -2.22. The maximum absolute atomic E-state index is 7.30. The van der Waals surface area contributed by atoms with Crippen LogP contribution in [0.15, 0.2) is 357 Å². The van der Waals surface area contributed by atoms with E-state index >= 15 is 0 Å². The number of hydrogen-bond acceptors (Lipinski definition) is 4. The van der Waals surface area contributed by atoms with Crippen molar-refractivity contribution < 1.29 is 17.7 Å². The largest absolute Gasteiger partial charge is 0.456 e. The summed E-state index contributed by atoms with van der Waals surface area (Å²) in [6, 6.07) is 121. The molecule has 4 nitrogen and oxygen atoms in total. The van der Waals surface area contributed by atoms with Crippen molar-refractivity contribution in [3.05, 3.63) is 351 Å². The van der Waals surface area contributed by atoms with Crippen molar-refractivity contribution in [2.45, 2.75) is 12.8 Å². The van der Waals surface area contributed by atoms with Gasteiger partial charge in [-0.05, 0) is 262 Å². The first-order valence-electron chi connectivity index (χ1n) is 37.4. The summed E-state index contributed by atoms with van der Waals surface area (Å²) in [5, 5.41) is 27.9. The highest BCUT2D eigenvalue weighted by Gasteiger charge is 2.26. The van der Waals surface area contributed by atoms with E-state index in [1.54, 1.807) is 0 Å². The molecule has 19 aromatic carbocycles. The Hall–Kier alpha value is -14.1. The van der Waals surface area contributed by atoms with E-state index in [1.807, 2.05) is 18.2 Å². The second kappa shape index (κ2) is 22.7. The summed E-state index contributed by atoms with van der Waals surface area (Å²) < 4.78 is 26.8. The van der Waals surface area contributed by atoms with Gasteiger partial charge in [0.25, 0.3) is 0 Å². The Morgan fingerprint density at radius 2 is 0.676 bits per heavy atom. The number of hydrogen-bond donors (Lipinski definition) is 0. The number of furan rings is 4. The Morgan fingerprint density at radius 1 is 0.204 bits per heavy atom. The van der Waals surface area contributed by atoms with Crippen molar-refractivity contribution in [2.24, 2.45) is 0 Å². The van der Waals surface area contributed by atoms with E-state index in [4.69, 9.17) is 17.7 Å². The van der Waals surface area contributed by atoms with Crippen LogP contribution in [0.3, 0.4) is 0 Å². The summed E-state index contributed by atoms with van der Waals surface area (Å²) in [4.78, 5) is 0. The predicted molar refractivity (Wildman–Crippen MR) is 454 cm³/mol. The van der Waals surface area contributed by atoms with Crippen molar-refractivity contribution >= 4 is 185 Å². The van der Waals surface area contributed by atoms with Crippen LogP contribution in [0.5, 0.6) is 0 Å². The highest BCUT2D eigenvalue weighted by atomic mass is 16.3. The van der Waals surface area contributed by atoms with Gasteiger partial charge in [0.05, 0.1) is 0 Å². The molecular weight excluding hydrogens is 1310 g/mol. The van der Waals surface area contributed by atoms with Gasteiger partial charge in [0.2, 0.25) is 0 Å². The first-order chi connectivity index (χ1) is 53.5. The van der Waals surface area contributed by atoms with Gasteiger partial charge in [0.15, 0.2) is 0 Å². The zero-order chi connectivity index (χ0) is 70.4. The lowest BCUT2D eigenvalue weighted by Crippen LogP contribution is -1.97. The fourth-order valence-electron chi connectivity index (χ4n) is 18.8. The molecule has 108 heavy (non-hydrogen) atoms. The van der Waals surface area contributed by atoms with Crippen LogP contribution in [0.25, 0.3) is 241 Å². The molecule has 0 unspecified atom stereocenters. The van der Waals surface area contributed by atoms with E-state index in [-0.39, 0.29) is 0 Å². The molecule has 1 aliphatic rings. The van der Waals surface area contributed by atoms with Crippen LogP contribution in [0.1, 0.15) is 24.0 Å². The third kappa shape index (κ3) is 8.80. The van der Waals surface area contributed by atoms with Gasteiger partial charge in [-0.15, -0.1) is 0 Å². The van der Waals surface area contributed by atoms with Crippen LogP contribution < -0.4 is 0 Å². The Bertz CT molecular complexity index is 7880. The quantitative estimate of drug-likeness (QED) is 0.149. The molecule has 1 aliphatic carbocycles. The van der Waals surface area contributed by atoms with E-state index in [9.17, 15) is 0 Å². The van der Waals surface area contributed by atoms with Gasteiger partial charge in [-0.1, -0.05) is 249 Å². The minimum atomic E-state index is 0.840. The lowest BCUT2D eigenvalue weighted by molar-refractivity contribution is 0.668. The molecule has 500 valence electrons. The third-order valence-electron chi connectivity index (χ3n) is 23.6. The summed E-state index contributed by atoms with van der Waals surface area (Å²) in [6.07, 6.45) is 6.72. The average molecular weight is 1370 g/mol. The Balaban J connectivity index is 0.653. The standard InChI is InChI=1S/C104H60O4/c1-2-26-71-59(19-1)20-17-37-74(71)101-80-32-7-3-28-76(80)100(77-29-4-8-33-81(77)101)67-25-16-22-61(48-67)68-51-86(104-91(54-68)89-53-70-56-97-87(52-69(70)57-98(89)108-104)73-27-11-13-39-92(73)106-97)64-41-44-72-63(49-64)23-18-38-75(72)102-82-34-9-5-30-78(82)99(79-31-6-10-35-83(79)102)66-24-15-21-60(47-66)62-42-45-94-88(50-62)90-58-85-65(55-96(90)107-94)43-46-95-103(85)84-36-12-14-40-93(84)105-95/h1-14,16-23,25-58H,15,24H2. The smallest absolute Gasteiger partial charge is 0.143 e. The molecule has 23 aromatic rings. The molecule has 0 radical (unpaired) electrons. The summed E-state index contributed by atoms with van der Waals surface area (Å²) >= 11 is 0. The number of benzene rings is 19. The second-order valence-corrected chi connectivity index (χ2v) is 29.5. The van der Waals surface area contributed by atoms with Gasteiger partial charge in [-0.2, -0.15) is 0 Å².